The van der Waals surface area contributed by atoms with E-state index in [1.54, 1.807) is 0 Å². The summed E-state index contributed by atoms with van der Waals surface area (Å²) in [5.74, 6) is 0. The summed E-state index contributed by atoms with van der Waals surface area (Å²) in [4.78, 5) is 0. The van der Waals surface area contributed by atoms with Crippen LogP contribution in [0.15, 0.2) is 0 Å². The third kappa shape index (κ3) is 13.8. The summed E-state index contributed by atoms with van der Waals surface area (Å²) in [5, 5.41) is 7.13. The molecule has 2 N–H and O–H groups in total. The van der Waals surface area contributed by atoms with Crippen molar-refractivity contribution in [3.05, 3.63) is 0 Å². The molecule has 0 spiro atoms. The van der Waals surface area contributed by atoms with Gasteiger partial charge in [-0.05, 0) is 0 Å². The van der Waals surface area contributed by atoms with Crippen molar-refractivity contribution < 1.29 is 20.7 Å². The molecule has 1 saturated heterocycles. The van der Waals surface area contributed by atoms with Crippen LogP contribution in [0.2, 0.25) is 0 Å². The molecule has 20 heavy (non-hydrogen) atoms. The van der Waals surface area contributed by atoms with E-state index in [-0.39, 0.29) is 12.4 Å². The zero-order chi connectivity index (χ0) is 13.6. The van der Waals surface area contributed by atoms with Crippen LogP contribution in [-0.2, 0) is 20.7 Å². The molecule has 0 aromatic carbocycles. The summed E-state index contributed by atoms with van der Waals surface area (Å²) in [6.07, 6.45) is 12.2. The Morgan fingerprint density at radius 2 is 0.900 bits per heavy atom. The van der Waals surface area contributed by atoms with Gasteiger partial charge in [-0.15, -0.1) is 12.4 Å². The quantitative estimate of drug-likeness (QED) is 0.665. The molecular formula is C15H33ClN3Ti. The molecule has 119 valence electrons. The van der Waals surface area contributed by atoms with Gasteiger partial charge in [-0.2, -0.15) is 0 Å². The van der Waals surface area contributed by atoms with Crippen LogP contribution in [-0.4, -0.2) is 42.7 Å². The average Bonchev–Trinajstić information content (AvgIpc) is 2.41. The van der Waals surface area contributed by atoms with Crippen LogP contribution in [0, 0.1) is 0 Å². The van der Waals surface area contributed by atoms with Crippen LogP contribution in [0.5, 0.6) is 0 Å². The maximum atomic E-state index is 3.57. The first-order valence-electron chi connectivity index (χ1n) is 8.27. The molecule has 0 bridgehead atoms. The summed E-state index contributed by atoms with van der Waals surface area (Å²) in [6, 6.07) is 0. The van der Waals surface area contributed by atoms with Crippen LogP contribution in [0.4, 0.5) is 0 Å². The molecule has 0 aliphatic carbocycles. The molecule has 5 heteroatoms. The SMILES string of the molecule is Cl.[Ti][N]1CCCCCNCCCCCNCCCCC1. The summed E-state index contributed by atoms with van der Waals surface area (Å²) < 4.78 is 2.50. The van der Waals surface area contributed by atoms with E-state index in [0.29, 0.717) is 0 Å². The Hall–Kier alpha value is 0.884. The molecule has 0 amide bonds. The van der Waals surface area contributed by atoms with Gasteiger partial charge in [0.25, 0.3) is 0 Å². The van der Waals surface area contributed by atoms with E-state index >= 15 is 0 Å². The minimum atomic E-state index is 0. The van der Waals surface area contributed by atoms with E-state index in [2.05, 4.69) is 34.7 Å². The molecular weight excluding hydrogens is 306 g/mol. The van der Waals surface area contributed by atoms with Gasteiger partial charge in [0.05, 0.1) is 0 Å². The first kappa shape index (κ1) is 20.9. The summed E-state index contributed by atoms with van der Waals surface area (Å²) in [7, 11) is 0. The monoisotopic (exact) mass is 338 g/mol. The summed E-state index contributed by atoms with van der Waals surface area (Å²) >= 11 is 2.27. The molecule has 0 aromatic rings. The van der Waals surface area contributed by atoms with Gasteiger partial charge < -0.3 is 0 Å². The second-order valence-corrected chi connectivity index (χ2v) is 6.66. The second-order valence-electron chi connectivity index (χ2n) is 5.67. The van der Waals surface area contributed by atoms with Crippen LogP contribution < -0.4 is 10.6 Å². The van der Waals surface area contributed by atoms with Crippen LogP contribution in [0.1, 0.15) is 57.8 Å². The Morgan fingerprint density at radius 1 is 0.550 bits per heavy atom. The fraction of sp³-hybridized carbons (Fsp3) is 1.00. The van der Waals surface area contributed by atoms with Crippen molar-refractivity contribution in [2.24, 2.45) is 0 Å². The Labute approximate surface area is 144 Å². The fourth-order valence-electron chi connectivity index (χ4n) is 2.50. The van der Waals surface area contributed by atoms with Gasteiger partial charge in [-0.25, -0.2) is 0 Å². The van der Waals surface area contributed by atoms with Gasteiger partial charge in [0.2, 0.25) is 0 Å². The number of halogens is 1. The van der Waals surface area contributed by atoms with Crippen LogP contribution in [0.25, 0.3) is 0 Å². The van der Waals surface area contributed by atoms with Crippen molar-refractivity contribution in [2.75, 3.05) is 39.3 Å². The van der Waals surface area contributed by atoms with Gasteiger partial charge in [0.1, 0.15) is 0 Å². The third-order valence-electron chi connectivity index (χ3n) is 3.77. The van der Waals surface area contributed by atoms with E-state index < -0.39 is 0 Å². The molecule has 0 radical (unpaired) electrons. The Balaban J connectivity index is 0.00000361. The minimum absolute atomic E-state index is 0. The molecule has 0 atom stereocenters. The van der Waals surface area contributed by atoms with Crippen LogP contribution in [0.3, 0.4) is 0 Å². The molecule has 0 saturated carbocycles. The summed E-state index contributed by atoms with van der Waals surface area (Å²) in [5.41, 5.74) is 0. The summed E-state index contributed by atoms with van der Waals surface area (Å²) in [6.45, 7) is 7.39. The van der Waals surface area contributed by atoms with E-state index in [4.69, 9.17) is 0 Å². The fourth-order valence-corrected chi connectivity index (χ4v) is 2.99. The molecule has 3 nitrogen and oxygen atoms in total. The topological polar surface area (TPSA) is 27.3 Å². The molecule has 1 fully saturated rings. The molecule has 0 unspecified atom stereocenters. The van der Waals surface area contributed by atoms with Gasteiger partial charge in [0.15, 0.2) is 0 Å². The van der Waals surface area contributed by atoms with Crippen molar-refractivity contribution in [2.45, 2.75) is 57.8 Å². The van der Waals surface area contributed by atoms with Gasteiger partial charge in [-0.3, -0.25) is 0 Å². The Morgan fingerprint density at radius 3 is 1.30 bits per heavy atom. The zero-order valence-corrected chi connectivity index (χ0v) is 15.3. The normalized spacial score (nSPS) is 23.1. The van der Waals surface area contributed by atoms with Crippen molar-refractivity contribution in [1.82, 2.24) is 14.0 Å². The molecule has 1 heterocycles. The average molecular weight is 339 g/mol. The molecule has 1 aliphatic heterocycles. The van der Waals surface area contributed by atoms with E-state index in [1.807, 2.05) is 0 Å². The third-order valence-corrected chi connectivity index (χ3v) is 4.47. The second kappa shape index (κ2) is 16.3. The number of hydrogen-bond donors (Lipinski definition) is 2. The van der Waals surface area contributed by atoms with Crippen molar-refractivity contribution in [3.63, 3.8) is 0 Å². The van der Waals surface area contributed by atoms with E-state index in [1.165, 1.54) is 97.1 Å². The van der Waals surface area contributed by atoms with Crippen molar-refractivity contribution >= 4 is 12.4 Å². The van der Waals surface area contributed by atoms with Crippen LogP contribution >= 0.6 is 12.4 Å². The maximum absolute atomic E-state index is 3.57. The number of rotatable bonds is 0. The first-order valence-corrected chi connectivity index (χ1v) is 8.97. The molecule has 1 rings (SSSR count). The van der Waals surface area contributed by atoms with Crippen molar-refractivity contribution in [1.29, 1.82) is 0 Å². The number of nitrogens with zero attached hydrogens (tertiary/aromatic N) is 1. The van der Waals surface area contributed by atoms with Gasteiger partial charge in [-0.1, -0.05) is 0 Å². The van der Waals surface area contributed by atoms with Gasteiger partial charge >= 0.3 is 132 Å². The zero-order valence-electron chi connectivity index (χ0n) is 13.0. The number of nitrogens with one attached hydrogen (secondary N) is 2. The number of hydrogen-bond acceptors (Lipinski definition) is 3. The Kier molecular flexibility index (Phi) is 17.0. The molecule has 0 aromatic heterocycles. The van der Waals surface area contributed by atoms with E-state index in [0.717, 1.165) is 0 Å². The molecule has 1 aliphatic rings. The first-order chi connectivity index (χ1) is 9.39. The standard InChI is InChI=1S/C15H32N3.ClH.Ti/c1-4-10-16-12-6-2-8-14-18-15-9-3-7-13-17-11-5-1;;/h16-17H,1-15H2;1H;/q-1;;+1. The van der Waals surface area contributed by atoms with Gasteiger partial charge in [0, 0.05) is 0 Å². The van der Waals surface area contributed by atoms with Crippen molar-refractivity contribution in [3.8, 4) is 0 Å². The Bertz CT molecular complexity index is 178. The van der Waals surface area contributed by atoms with E-state index in [9.17, 15) is 0 Å². The predicted molar refractivity (Wildman–Crippen MR) is 86.1 cm³/mol. The predicted octanol–water partition coefficient (Wildman–Crippen LogP) is 2.88.